The molecule has 2 fully saturated rings. The summed E-state index contributed by atoms with van der Waals surface area (Å²) in [6.07, 6.45) is 0.711. The third kappa shape index (κ3) is 1.05. The highest BCUT2D eigenvalue weighted by atomic mass is 16.2. The van der Waals surface area contributed by atoms with Gasteiger partial charge in [0.15, 0.2) is 0 Å². The van der Waals surface area contributed by atoms with Gasteiger partial charge >= 0.3 is 6.03 Å². The summed E-state index contributed by atoms with van der Waals surface area (Å²) in [6.45, 7) is 5.23. The standard InChI is InChI=1S/C9H15N3O2/c1-6(2)12-8(14)11-7(13)9(12)3-4-10-5-9/h6,10H,3-5H2,1-2H3,(H,11,13,14). The minimum atomic E-state index is -0.620. The molecule has 2 heterocycles. The SMILES string of the molecule is CC(C)N1C(=O)NC(=O)C12CCNC2. The first-order valence-corrected chi connectivity index (χ1v) is 4.93. The normalized spacial score (nSPS) is 32.1. The van der Waals surface area contributed by atoms with Crippen LogP contribution >= 0.6 is 0 Å². The molecule has 0 aliphatic carbocycles. The summed E-state index contributed by atoms with van der Waals surface area (Å²) in [7, 11) is 0. The van der Waals surface area contributed by atoms with E-state index >= 15 is 0 Å². The maximum absolute atomic E-state index is 11.7. The molecule has 1 atom stereocenters. The number of nitrogens with zero attached hydrogens (tertiary/aromatic N) is 1. The second-order valence-corrected chi connectivity index (χ2v) is 4.18. The van der Waals surface area contributed by atoms with Gasteiger partial charge in [-0.15, -0.1) is 0 Å². The van der Waals surface area contributed by atoms with E-state index in [-0.39, 0.29) is 18.0 Å². The lowest BCUT2D eigenvalue weighted by atomic mass is 9.96. The van der Waals surface area contributed by atoms with Crippen molar-refractivity contribution in [1.29, 1.82) is 0 Å². The van der Waals surface area contributed by atoms with E-state index in [1.807, 2.05) is 13.8 Å². The number of nitrogens with one attached hydrogen (secondary N) is 2. The molecular formula is C9H15N3O2. The van der Waals surface area contributed by atoms with Gasteiger partial charge in [0.05, 0.1) is 0 Å². The van der Waals surface area contributed by atoms with Crippen LogP contribution in [-0.4, -0.2) is 41.5 Å². The van der Waals surface area contributed by atoms with Crippen LogP contribution in [-0.2, 0) is 4.79 Å². The van der Waals surface area contributed by atoms with Crippen molar-refractivity contribution >= 4 is 11.9 Å². The largest absolute Gasteiger partial charge is 0.325 e. The molecule has 14 heavy (non-hydrogen) atoms. The number of hydrogen-bond donors (Lipinski definition) is 2. The summed E-state index contributed by atoms with van der Waals surface area (Å²) in [5, 5.41) is 5.53. The molecular weight excluding hydrogens is 182 g/mol. The zero-order valence-corrected chi connectivity index (χ0v) is 8.46. The van der Waals surface area contributed by atoms with Crippen molar-refractivity contribution in [2.45, 2.75) is 31.8 Å². The minimum absolute atomic E-state index is 0.0568. The summed E-state index contributed by atoms with van der Waals surface area (Å²) in [5.41, 5.74) is -0.620. The molecule has 2 saturated heterocycles. The van der Waals surface area contributed by atoms with Crippen LogP contribution in [0.5, 0.6) is 0 Å². The Labute approximate surface area is 82.8 Å². The van der Waals surface area contributed by atoms with E-state index in [2.05, 4.69) is 10.6 Å². The fourth-order valence-electron chi connectivity index (χ4n) is 2.38. The summed E-state index contributed by atoms with van der Waals surface area (Å²) in [5.74, 6) is -0.152. The van der Waals surface area contributed by atoms with Crippen molar-refractivity contribution in [1.82, 2.24) is 15.5 Å². The molecule has 5 heteroatoms. The first-order valence-electron chi connectivity index (χ1n) is 4.93. The number of carbonyl (C=O) groups excluding carboxylic acids is 2. The fraction of sp³-hybridized carbons (Fsp3) is 0.778. The van der Waals surface area contributed by atoms with E-state index in [0.29, 0.717) is 13.0 Å². The highest BCUT2D eigenvalue weighted by Crippen LogP contribution is 2.30. The molecule has 1 unspecified atom stereocenters. The van der Waals surface area contributed by atoms with Crippen LogP contribution < -0.4 is 10.6 Å². The van der Waals surface area contributed by atoms with Gasteiger partial charge in [-0.05, 0) is 26.8 Å². The number of imide groups is 1. The monoisotopic (exact) mass is 197 g/mol. The summed E-state index contributed by atoms with van der Waals surface area (Å²) < 4.78 is 0. The summed E-state index contributed by atoms with van der Waals surface area (Å²) >= 11 is 0. The molecule has 78 valence electrons. The van der Waals surface area contributed by atoms with E-state index in [9.17, 15) is 9.59 Å². The Morgan fingerprint density at radius 1 is 1.43 bits per heavy atom. The van der Waals surface area contributed by atoms with Gasteiger partial charge in [0.1, 0.15) is 5.54 Å². The molecule has 2 rings (SSSR count). The predicted molar refractivity (Wildman–Crippen MR) is 50.7 cm³/mol. The van der Waals surface area contributed by atoms with Crippen LogP contribution in [0.15, 0.2) is 0 Å². The van der Waals surface area contributed by atoms with Crippen LogP contribution in [0.2, 0.25) is 0 Å². The van der Waals surface area contributed by atoms with Crippen LogP contribution in [0.1, 0.15) is 20.3 Å². The summed E-state index contributed by atoms with van der Waals surface area (Å²) in [4.78, 5) is 24.9. The van der Waals surface area contributed by atoms with Gasteiger partial charge in [0.2, 0.25) is 0 Å². The minimum Gasteiger partial charge on any atom is -0.314 e. The molecule has 5 nitrogen and oxygen atoms in total. The van der Waals surface area contributed by atoms with Gasteiger partial charge in [-0.2, -0.15) is 0 Å². The van der Waals surface area contributed by atoms with Gasteiger partial charge in [0.25, 0.3) is 5.91 Å². The Hall–Kier alpha value is -1.10. The maximum Gasteiger partial charge on any atom is 0.325 e. The molecule has 2 aliphatic rings. The van der Waals surface area contributed by atoms with Crippen LogP contribution in [0.4, 0.5) is 4.79 Å². The molecule has 3 amide bonds. The fourth-order valence-corrected chi connectivity index (χ4v) is 2.38. The first-order chi connectivity index (χ1) is 6.58. The van der Waals surface area contributed by atoms with Crippen molar-refractivity contribution in [3.63, 3.8) is 0 Å². The van der Waals surface area contributed by atoms with Crippen molar-refractivity contribution in [3.05, 3.63) is 0 Å². The number of urea groups is 1. The third-order valence-electron chi connectivity index (χ3n) is 2.97. The number of amides is 3. The Bertz CT molecular complexity index is 282. The van der Waals surface area contributed by atoms with E-state index < -0.39 is 5.54 Å². The molecule has 0 radical (unpaired) electrons. The molecule has 0 bridgehead atoms. The molecule has 0 aromatic carbocycles. The highest BCUT2D eigenvalue weighted by Gasteiger charge is 2.55. The Kier molecular flexibility index (Phi) is 1.99. The van der Waals surface area contributed by atoms with Crippen molar-refractivity contribution in [3.8, 4) is 0 Å². The first kappa shape index (κ1) is 9.45. The number of rotatable bonds is 1. The van der Waals surface area contributed by atoms with E-state index in [0.717, 1.165) is 6.54 Å². The molecule has 2 aliphatic heterocycles. The molecule has 0 aromatic heterocycles. The molecule has 1 spiro atoms. The Balaban J connectivity index is 2.36. The van der Waals surface area contributed by atoms with Gasteiger partial charge in [-0.1, -0.05) is 0 Å². The second-order valence-electron chi connectivity index (χ2n) is 4.18. The van der Waals surface area contributed by atoms with Crippen molar-refractivity contribution < 1.29 is 9.59 Å². The number of hydrogen-bond acceptors (Lipinski definition) is 3. The number of carbonyl (C=O) groups is 2. The van der Waals surface area contributed by atoms with Crippen LogP contribution in [0.25, 0.3) is 0 Å². The lowest BCUT2D eigenvalue weighted by Crippen LogP contribution is -2.54. The van der Waals surface area contributed by atoms with Gasteiger partial charge < -0.3 is 10.2 Å². The van der Waals surface area contributed by atoms with Crippen molar-refractivity contribution in [2.24, 2.45) is 0 Å². The molecule has 2 N–H and O–H groups in total. The summed E-state index contributed by atoms with van der Waals surface area (Å²) in [6, 6.07) is -0.199. The maximum atomic E-state index is 11.7. The topological polar surface area (TPSA) is 61.4 Å². The zero-order chi connectivity index (χ0) is 10.3. The van der Waals surface area contributed by atoms with E-state index in [1.54, 1.807) is 4.90 Å². The van der Waals surface area contributed by atoms with Crippen LogP contribution in [0, 0.1) is 0 Å². The molecule has 0 aromatic rings. The highest BCUT2D eigenvalue weighted by molar-refractivity contribution is 6.07. The molecule has 0 saturated carbocycles. The van der Waals surface area contributed by atoms with E-state index in [4.69, 9.17) is 0 Å². The lowest BCUT2D eigenvalue weighted by molar-refractivity contribution is -0.126. The van der Waals surface area contributed by atoms with Gasteiger partial charge in [-0.25, -0.2) is 4.79 Å². The third-order valence-corrected chi connectivity index (χ3v) is 2.97. The van der Waals surface area contributed by atoms with Crippen molar-refractivity contribution in [2.75, 3.05) is 13.1 Å². The lowest BCUT2D eigenvalue weighted by Gasteiger charge is -2.33. The average molecular weight is 197 g/mol. The average Bonchev–Trinajstić information content (AvgIpc) is 2.61. The Morgan fingerprint density at radius 2 is 2.14 bits per heavy atom. The Morgan fingerprint density at radius 3 is 2.64 bits per heavy atom. The predicted octanol–water partition coefficient (Wildman–Crippen LogP) is -0.321. The smallest absolute Gasteiger partial charge is 0.314 e. The van der Waals surface area contributed by atoms with Gasteiger partial charge in [-0.3, -0.25) is 10.1 Å². The van der Waals surface area contributed by atoms with E-state index in [1.165, 1.54) is 0 Å². The van der Waals surface area contributed by atoms with Crippen LogP contribution in [0.3, 0.4) is 0 Å². The quantitative estimate of drug-likeness (QED) is 0.566. The van der Waals surface area contributed by atoms with Gasteiger partial charge in [0, 0.05) is 12.6 Å². The second kappa shape index (κ2) is 2.95. The zero-order valence-electron chi connectivity index (χ0n) is 8.46.